The Balaban J connectivity index is 1.52. The largest absolute Gasteiger partial charge is 0.595 e. The first kappa shape index (κ1) is 23.4. The standard InChI is InChI=1S/C26H23N3O7/c1-28-20-5-3-2-4-18(20)25(31)24(26(28)32)21(30)13-19(15-6-11-22-23(12-15)36-14-35-22)27-16-7-9-17(10-8-16)29(33)34/h2-12,19,27,29,31,33H,13-14H2,1H3. The first-order chi connectivity index (χ1) is 17.3. The summed E-state index contributed by atoms with van der Waals surface area (Å²) in [5, 5.41) is 33.8. The molecule has 0 spiro atoms. The van der Waals surface area contributed by atoms with Crippen molar-refractivity contribution < 1.29 is 29.8 Å². The van der Waals surface area contributed by atoms with Crippen LogP contribution in [-0.4, -0.2) is 27.5 Å². The van der Waals surface area contributed by atoms with Gasteiger partial charge in [-0.3, -0.25) is 9.59 Å². The normalized spacial score (nSPS) is 14.0. The van der Waals surface area contributed by atoms with E-state index < -0.39 is 22.6 Å². The zero-order chi connectivity index (χ0) is 25.4. The van der Waals surface area contributed by atoms with Crippen LogP contribution in [0.1, 0.15) is 28.4 Å². The van der Waals surface area contributed by atoms with Crippen molar-refractivity contribution in [3.63, 3.8) is 0 Å². The number of ketones is 1. The Kier molecular flexibility index (Phi) is 6.06. The zero-order valence-corrected chi connectivity index (χ0v) is 19.2. The lowest BCUT2D eigenvalue weighted by molar-refractivity contribution is -0.991. The Labute approximate surface area is 205 Å². The fourth-order valence-corrected chi connectivity index (χ4v) is 4.31. The maximum Gasteiger partial charge on any atom is 0.265 e. The Hall–Kier alpha value is -4.38. The number of hydrogen-bond acceptors (Lipinski definition) is 8. The first-order valence-electron chi connectivity index (χ1n) is 11.2. The number of benzene rings is 3. The fraction of sp³-hybridized carbons (Fsp3) is 0.154. The van der Waals surface area contributed by atoms with Crippen molar-refractivity contribution in [2.45, 2.75) is 12.5 Å². The van der Waals surface area contributed by atoms with Gasteiger partial charge in [-0.2, -0.15) is 5.23 Å². The molecule has 184 valence electrons. The summed E-state index contributed by atoms with van der Waals surface area (Å²) in [7, 11) is 1.55. The molecule has 0 saturated carbocycles. The molecule has 0 saturated heterocycles. The van der Waals surface area contributed by atoms with Crippen LogP contribution in [0.25, 0.3) is 10.9 Å². The van der Waals surface area contributed by atoms with Gasteiger partial charge in [0.15, 0.2) is 23.0 Å². The van der Waals surface area contributed by atoms with E-state index in [1.54, 1.807) is 61.6 Å². The summed E-state index contributed by atoms with van der Waals surface area (Å²) < 4.78 is 12.2. The van der Waals surface area contributed by atoms with Crippen LogP contribution in [0.3, 0.4) is 0 Å². The molecule has 0 bridgehead atoms. The highest BCUT2D eigenvalue weighted by molar-refractivity contribution is 6.03. The second-order valence-corrected chi connectivity index (χ2v) is 8.42. The van der Waals surface area contributed by atoms with Crippen LogP contribution in [0, 0.1) is 5.21 Å². The number of carbonyl (C=O) groups excluding carboxylic acids is 1. The highest BCUT2D eigenvalue weighted by Gasteiger charge is 2.26. The number of quaternary nitrogens is 1. The third-order valence-electron chi connectivity index (χ3n) is 6.22. The first-order valence-corrected chi connectivity index (χ1v) is 11.2. The predicted molar refractivity (Wildman–Crippen MR) is 131 cm³/mol. The van der Waals surface area contributed by atoms with Crippen molar-refractivity contribution in [1.82, 2.24) is 4.57 Å². The molecular weight excluding hydrogens is 466 g/mol. The number of aromatic nitrogens is 1. The van der Waals surface area contributed by atoms with Gasteiger partial charge in [0.1, 0.15) is 11.3 Å². The average molecular weight is 489 g/mol. The molecule has 0 radical (unpaired) electrons. The van der Waals surface area contributed by atoms with Gasteiger partial charge in [0.2, 0.25) is 6.79 Å². The third kappa shape index (κ3) is 4.24. The molecule has 2 atom stereocenters. The second kappa shape index (κ2) is 9.34. The summed E-state index contributed by atoms with van der Waals surface area (Å²) >= 11 is 0. The van der Waals surface area contributed by atoms with Crippen molar-refractivity contribution in [3.8, 4) is 17.2 Å². The average Bonchev–Trinajstić information content (AvgIpc) is 3.35. The smallest absolute Gasteiger partial charge is 0.265 e. The number of nitrogens with one attached hydrogen (secondary N) is 2. The molecule has 2 unspecified atom stereocenters. The number of hydrogen-bond donors (Lipinski definition) is 4. The van der Waals surface area contributed by atoms with E-state index in [1.165, 1.54) is 16.7 Å². The van der Waals surface area contributed by atoms with Crippen molar-refractivity contribution in [2.75, 3.05) is 12.1 Å². The second-order valence-electron chi connectivity index (χ2n) is 8.42. The Morgan fingerprint density at radius 2 is 1.83 bits per heavy atom. The van der Waals surface area contributed by atoms with Crippen molar-refractivity contribution in [1.29, 1.82) is 0 Å². The maximum absolute atomic E-state index is 13.5. The molecule has 1 aliphatic heterocycles. The molecule has 0 aliphatic carbocycles. The number of para-hydroxylation sites is 1. The number of pyridine rings is 1. The van der Waals surface area contributed by atoms with Crippen LogP contribution in [0.4, 0.5) is 11.4 Å². The summed E-state index contributed by atoms with van der Waals surface area (Å²) in [4.78, 5) is 26.5. The van der Waals surface area contributed by atoms with E-state index in [-0.39, 0.29) is 30.2 Å². The molecule has 4 N–H and O–H groups in total. The Morgan fingerprint density at radius 1 is 1.11 bits per heavy atom. The fourth-order valence-electron chi connectivity index (χ4n) is 4.31. The number of nitrogens with zero attached hydrogens (tertiary/aromatic N) is 1. The third-order valence-corrected chi connectivity index (χ3v) is 6.22. The van der Waals surface area contributed by atoms with E-state index in [4.69, 9.17) is 9.47 Å². The molecule has 10 heteroatoms. The monoisotopic (exact) mass is 489 g/mol. The SMILES string of the molecule is Cn1c(=O)c(C(=O)CC(Nc2ccc([NH+]([O-])O)cc2)c2ccc3c(c2)OCO3)c(O)c2ccccc21. The predicted octanol–water partition coefficient (Wildman–Crippen LogP) is 2.80. The van der Waals surface area contributed by atoms with Crippen molar-refractivity contribution in [2.24, 2.45) is 7.05 Å². The van der Waals surface area contributed by atoms with Gasteiger partial charge < -0.3 is 29.7 Å². The summed E-state index contributed by atoms with van der Waals surface area (Å²) in [6.07, 6.45) is -0.165. The van der Waals surface area contributed by atoms with Crippen LogP contribution in [0.2, 0.25) is 0 Å². The van der Waals surface area contributed by atoms with Gasteiger partial charge in [0.05, 0.1) is 11.6 Å². The molecule has 1 aliphatic rings. The molecule has 4 aromatic rings. The molecule has 0 amide bonds. The van der Waals surface area contributed by atoms with Gasteiger partial charge in [0, 0.05) is 36.7 Å². The van der Waals surface area contributed by atoms with Gasteiger partial charge >= 0.3 is 0 Å². The van der Waals surface area contributed by atoms with Crippen LogP contribution in [-0.2, 0) is 7.05 Å². The molecule has 10 nitrogen and oxygen atoms in total. The minimum Gasteiger partial charge on any atom is -0.595 e. The molecule has 2 heterocycles. The van der Waals surface area contributed by atoms with Gasteiger partial charge in [-0.1, -0.05) is 18.2 Å². The van der Waals surface area contributed by atoms with Crippen LogP contribution in [0.5, 0.6) is 17.2 Å². The summed E-state index contributed by atoms with van der Waals surface area (Å²) in [5.41, 5.74) is 1.02. The number of aromatic hydroxyl groups is 1. The lowest BCUT2D eigenvalue weighted by Crippen LogP contribution is -2.99. The number of carbonyl (C=O) groups is 1. The Bertz CT molecular complexity index is 1510. The number of ether oxygens (including phenoxy) is 2. The molecule has 0 fully saturated rings. The van der Waals surface area contributed by atoms with Crippen molar-refractivity contribution >= 4 is 28.1 Å². The molecular formula is C26H23N3O7. The summed E-state index contributed by atoms with van der Waals surface area (Å²) in [5.74, 6) is 0.207. The highest BCUT2D eigenvalue weighted by atomic mass is 16.8. The maximum atomic E-state index is 13.5. The van der Waals surface area contributed by atoms with E-state index in [0.717, 1.165) is 0 Å². The molecule has 1 aromatic heterocycles. The van der Waals surface area contributed by atoms with Gasteiger partial charge in [-0.05, 0) is 42.0 Å². The number of anilines is 1. The van der Waals surface area contributed by atoms with E-state index in [1.807, 2.05) is 0 Å². The van der Waals surface area contributed by atoms with Gasteiger partial charge in [-0.25, -0.2) is 5.21 Å². The van der Waals surface area contributed by atoms with E-state index >= 15 is 0 Å². The number of rotatable bonds is 7. The van der Waals surface area contributed by atoms with Crippen LogP contribution in [0.15, 0.2) is 71.5 Å². The quantitative estimate of drug-likeness (QED) is 0.230. The lowest BCUT2D eigenvalue weighted by Gasteiger charge is -2.21. The Morgan fingerprint density at radius 3 is 2.58 bits per heavy atom. The van der Waals surface area contributed by atoms with Gasteiger partial charge in [-0.15, -0.1) is 0 Å². The number of aryl methyl sites for hydroxylation is 1. The number of Topliss-reactive ketones (excluding diaryl/α,β-unsaturated/α-hetero) is 1. The minimum atomic E-state index is -1.05. The van der Waals surface area contributed by atoms with E-state index in [9.17, 15) is 25.1 Å². The van der Waals surface area contributed by atoms with Crippen LogP contribution >= 0.6 is 0 Å². The van der Waals surface area contributed by atoms with Crippen molar-refractivity contribution in [3.05, 3.63) is 93.4 Å². The topological polar surface area (TPSA) is 138 Å². The van der Waals surface area contributed by atoms with Gasteiger partial charge in [0.25, 0.3) is 5.56 Å². The molecule has 36 heavy (non-hydrogen) atoms. The summed E-state index contributed by atoms with van der Waals surface area (Å²) in [6.45, 7) is 0.0907. The molecule has 5 rings (SSSR count). The summed E-state index contributed by atoms with van der Waals surface area (Å²) in [6, 6.07) is 17.6. The highest BCUT2D eigenvalue weighted by Crippen LogP contribution is 2.37. The molecule has 3 aromatic carbocycles. The van der Waals surface area contributed by atoms with Crippen LogP contribution < -0.4 is 25.6 Å². The minimum absolute atomic E-state index is 0.0907. The number of fused-ring (bicyclic) bond motifs is 2. The lowest BCUT2D eigenvalue weighted by atomic mass is 9.96. The zero-order valence-electron chi connectivity index (χ0n) is 19.2. The van der Waals surface area contributed by atoms with E-state index in [2.05, 4.69) is 5.32 Å². The van der Waals surface area contributed by atoms with E-state index in [0.29, 0.717) is 33.7 Å².